The van der Waals surface area contributed by atoms with Crippen LogP contribution in [0.3, 0.4) is 0 Å². The van der Waals surface area contributed by atoms with Crippen molar-refractivity contribution in [3.63, 3.8) is 0 Å². The van der Waals surface area contributed by atoms with E-state index in [0.29, 0.717) is 18.4 Å². The van der Waals surface area contributed by atoms with Gasteiger partial charge in [0.15, 0.2) is 0 Å². The molecule has 19 heavy (non-hydrogen) atoms. The Labute approximate surface area is 121 Å². The van der Waals surface area contributed by atoms with Gasteiger partial charge in [0, 0.05) is 6.54 Å². The zero-order chi connectivity index (χ0) is 13.8. The summed E-state index contributed by atoms with van der Waals surface area (Å²) in [5, 5.41) is 3.12. The van der Waals surface area contributed by atoms with Gasteiger partial charge in [0.05, 0.1) is 0 Å². The molecule has 4 fully saturated rings. The van der Waals surface area contributed by atoms with E-state index < -0.39 is 4.87 Å². The molecular weight excluding hydrogens is 258 g/mol. The summed E-state index contributed by atoms with van der Waals surface area (Å²) in [6.45, 7) is 7.15. The van der Waals surface area contributed by atoms with Crippen LogP contribution in [0.1, 0.15) is 52.9 Å². The number of hydrogen-bond donors (Lipinski definition) is 1. The fourth-order valence-corrected chi connectivity index (χ4v) is 5.14. The Morgan fingerprint density at radius 3 is 2.00 bits per heavy atom. The summed E-state index contributed by atoms with van der Waals surface area (Å²) in [7, 11) is 0. The summed E-state index contributed by atoms with van der Waals surface area (Å²) < 4.78 is 0. The minimum atomic E-state index is -0.599. The molecule has 0 spiro atoms. The Balaban J connectivity index is 1.74. The van der Waals surface area contributed by atoms with Gasteiger partial charge < -0.3 is 5.32 Å². The highest BCUT2D eigenvalue weighted by Gasteiger charge is 2.60. The molecular formula is C16H26ClNO. The summed E-state index contributed by atoms with van der Waals surface area (Å²) in [4.78, 5) is 12.1. The number of carbonyl (C=O) groups is 1. The molecule has 108 valence electrons. The number of halogens is 1. The van der Waals surface area contributed by atoms with E-state index in [1.54, 1.807) is 0 Å². The zero-order valence-corrected chi connectivity index (χ0v) is 13.1. The number of nitrogens with one attached hydrogen (secondary N) is 1. The fraction of sp³-hybridized carbons (Fsp3) is 0.938. The zero-order valence-electron chi connectivity index (χ0n) is 12.3. The maximum Gasteiger partial charge on any atom is 0.241 e. The SMILES string of the molecule is CC(C)(C)CNC(=O)C1(Cl)C2CC3CC(C2)CC1C3. The van der Waals surface area contributed by atoms with Crippen LogP contribution in [-0.2, 0) is 4.79 Å². The fourth-order valence-electron chi connectivity index (χ4n) is 4.72. The predicted octanol–water partition coefficient (Wildman–Crippen LogP) is 3.58. The van der Waals surface area contributed by atoms with Crippen molar-refractivity contribution < 1.29 is 4.79 Å². The summed E-state index contributed by atoms with van der Waals surface area (Å²) in [6.07, 6.45) is 6.11. The molecule has 0 radical (unpaired) electrons. The minimum Gasteiger partial charge on any atom is -0.354 e. The average molecular weight is 284 g/mol. The summed E-state index contributed by atoms with van der Waals surface area (Å²) >= 11 is 6.90. The van der Waals surface area contributed by atoms with E-state index in [1.807, 2.05) is 0 Å². The normalized spacial score (nSPS) is 44.4. The van der Waals surface area contributed by atoms with Gasteiger partial charge in [-0.3, -0.25) is 4.79 Å². The first-order valence-electron chi connectivity index (χ1n) is 7.76. The third-order valence-corrected chi connectivity index (χ3v) is 6.24. The molecule has 0 saturated heterocycles. The molecule has 1 amide bonds. The van der Waals surface area contributed by atoms with Crippen molar-refractivity contribution in [2.45, 2.75) is 57.7 Å². The van der Waals surface area contributed by atoms with Gasteiger partial charge in [0.2, 0.25) is 5.91 Å². The maximum absolute atomic E-state index is 12.7. The van der Waals surface area contributed by atoms with Crippen molar-refractivity contribution in [1.82, 2.24) is 5.32 Å². The van der Waals surface area contributed by atoms with E-state index in [-0.39, 0.29) is 11.3 Å². The Morgan fingerprint density at radius 1 is 1.11 bits per heavy atom. The highest BCUT2D eigenvalue weighted by atomic mass is 35.5. The lowest BCUT2D eigenvalue weighted by Crippen LogP contribution is -2.61. The molecule has 4 saturated carbocycles. The van der Waals surface area contributed by atoms with Gasteiger partial charge in [-0.05, 0) is 61.2 Å². The van der Waals surface area contributed by atoms with E-state index in [0.717, 1.165) is 11.8 Å². The Hall–Kier alpha value is -0.240. The highest BCUT2D eigenvalue weighted by molar-refractivity contribution is 6.35. The monoisotopic (exact) mass is 283 g/mol. The van der Waals surface area contributed by atoms with Crippen molar-refractivity contribution in [3.05, 3.63) is 0 Å². The quantitative estimate of drug-likeness (QED) is 0.771. The maximum atomic E-state index is 12.7. The second kappa shape index (κ2) is 4.38. The molecule has 3 heteroatoms. The van der Waals surface area contributed by atoms with Crippen LogP contribution in [0.15, 0.2) is 0 Å². The van der Waals surface area contributed by atoms with Crippen molar-refractivity contribution in [2.24, 2.45) is 29.1 Å². The molecule has 2 nitrogen and oxygen atoms in total. The summed E-state index contributed by atoms with van der Waals surface area (Å²) in [5.74, 6) is 2.66. The second-order valence-electron chi connectivity index (χ2n) is 8.32. The third-order valence-electron chi connectivity index (χ3n) is 5.45. The van der Waals surface area contributed by atoms with Crippen LogP contribution >= 0.6 is 11.6 Å². The first kappa shape index (κ1) is 13.7. The van der Waals surface area contributed by atoms with Crippen molar-refractivity contribution >= 4 is 17.5 Å². The highest BCUT2D eigenvalue weighted by Crippen LogP contribution is 2.60. The topological polar surface area (TPSA) is 29.1 Å². The van der Waals surface area contributed by atoms with Crippen molar-refractivity contribution in [2.75, 3.05) is 6.54 Å². The average Bonchev–Trinajstić information content (AvgIpc) is 2.30. The Bertz CT molecular complexity index is 357. The number of amides is 1. The van der Waals surface area contributed by atoms with E-state index >= 15 is 0 Å². The predicted molar refractivity (Wildman–Crippen MR) is 78.1 cm³/mol. The smallest absolute Gasteiger partial charge is 0.241 e. The summed E-state index contributed by atoms with van der Waals surface area (Å²) in [5.41, 5.74) is 0.120. The lowest BCUT2D eigenvalue weighted by atomic mass is 9.51. The molecule has 1 N–H and O–H groups in total. The minimum absolute atomic E-state index is 0.109. The molecule has 0 aromatic carbocycles. The molecule has 0 atom stereocenters. The molecule has 0 unspecified atom stereocenters. The molecule has 4 aliphatic rings. The number of carbonyl (C=O) groups excluding carboxylic acids is 1. The van der Waals surface area contributed by atoms with Crippen molar-refractivity contribution in [3.8, 4) is 0 Å². The third kappa shape index (κ3) is 2.30. The van der Waals surface area contributed by atoms with E-state index in [1.165, 1.54) is 32.1 Å². The largest absolute Gasteiger partial charge is 0.354 e. The molecule has 0 heterocycles. The van der Waals surface area contributed by atoms with Crippen LogP contribution in [0, 0.1) is 29.1 Å². The number of hydrogen-bond acceptors (Lipinski definition) is 1. The Morgan fingerprint density at radius 2 is 1.58 bits per heavy atom. The lowest BCUT2D eigenvalue weighted by molar-refractivity contribution is -0.134. The van der Waals surface area contributed by atoms with Crippen LogP contribution in [0.2, 0.25) is 0 Å². The van der Waals surface area contributed by atoms with Crippen molar-refractivity contribution in [1.29, 1.82) is 0 Å². The van der Waals surface area contributed by atoms with E-state index in [2.05, 4.69) is 26.1 Å². The molecule has 0 aromatic rings. The van der Waals surface area contributed by atoms with Gasteiger partial charge in [-0.25, -0.2) is 0 Å². The molecule has 0 aliphatic heterocycles. The standard InChI is InChI=1S/C16H26ClNO/c1-15(2,3)9-18-14(19)16(17)12-5-10-4-11(7-12)8-13(16)6-10/h10-13H,4-9H2,1-3H3,(H,18,19). The molecule has 4 rings (SSSR count). The van der Waals surface area contributed by atoms with Crippen LogP contribution in [-0.4, -0.2) is 17.3 Å². The molecule has 4 bridgehead atoms. The molecule has 4 aliphatic carbocycles. The first-order valence-corrected chi connectivity index (χ1v) is 8.14. The Kier molecular flexibility index (Phi) is 3.16. The van der Waals surface area contributed by atoms with Gasteiger partial charge in [-0.2, -0.15) is 0 Å². The number of rotatable bonds is 2. The van der Waals surface area contributed by atoms with E-state index in [9.17, 15) is 4.79 Å². The lowest BCUT2D eigenvalue weighted by Gasteiger charge is -2.57. The summed E-state index contributed by atoms with van der Waals surface area (Å²) in [6, 6.07) is 0. The van der Waals surface area contributed by atoms with Crippen LogP contribution < -0.4 is 5.32 Å². The van der Waals surface area contributed by atoms with Gasteiger partial charge >= 0.3 is 0 Å². The van der Waals surface area contributed by atoms with Crippen LogP contribution in [0.4, 0.5) is 0 Å². The number of alkyl halides is 1. The molecule has 0 aromatic heterocycles. The van der Waals surface area contributed by atoms with Gasteiger partial charge in [0.25, 0.3) is 0 Å². The first-order chi connectivity index (χ1) is 8.79. The van der Waals surface area contributed by atoms with Gasteiger partial charge in [0.1, 0.15) is 4.87 Å². The van der Waals surface area contributed by atoms with Gasteiger partial charge in [-0.1, -0.05) is 20.8 Å². The van der Waals surface area contributed by atoms with Crippen LogP contribution in [0.5, 0.6) is 0 Å². The van der Waals surface area contributed by atoms with Gasteiger partial charge in [-0.15, -0.1) is 11.6 Å². The van der Waals surface area contributed by atoms with Crippen LogP contribution in [0.25, 0.3) is 0 Å². The van der Waals surface area contributed by atoms with E-state index in [4.69, 9.17) is 11.6 Å². The second-order valence-corrected chi connectivity index (χ2v) is 8.94.